The highest BCUT2D eigenvalue weighted by molar-refractivity contribution is 7.99. The number of benzene rings is 1. The minimum Gasteiger partial charge on any atom is -0.476 e. The molecule has 2 heterocycles. The molecule has 0 saturated carbocycles. The molecule has 0 amide bonds. The van der Waals surface area contributed by atoms with Crippen molar-refractivity contribution in [3.05, 3.63) is 48.7 Å². The second kappa shape index (κ2) is 10.3. The van der Waals surface area contributed by atoms with Crippen molar-refractivity contribution in [2.75, 3.05) is 5.75 Å². The van der Waals surface area contributed by atoms with Gasteiger partial charge in [0.05, 0.1) is 5.69 Å². The van der Waals surface area contributed by atoms with Crippen LogP contribution in [0.1, 0.15) is 20.8 Å². The Kier molecular flexibility index (Phi) is 7.51. The zero-order valence-electron chi connectivity index (χ0n) is 17.3. The molecule has 8 nitrogen and oxygen atoms in total. The van der Waals surface area contributed by atoms with E-state index in [0.29, 0.717) is 11.5 Å². The smallest absolute Gasteiger partial charge is 0.303 e. The summed E-state index contributed by atoms with van der Waals surface area (Å²) in [6.07, 6.45) is -1.02. The van der Waals surface area contributed by atoms with Crippen molar-refractivity contribution in [3.8, 4) is 17.0 Å². The Morgan fingerprint density at radius 1 is 0.903 bits per heavy atom. The zero-order chi connectivity index (χ0) is 22.4. The van der Waals surface area contributed by atoms with E-state index in [1.807, 2.05) is 36.4 Å². The van der Waals surface area contributed by atoms with E-state index in [4.69, 9.17) is 18.9 Å². The monoisotopic (exact) mass is 445 g/mol. The van der Waals surface area contributed by atoms with Gasteiger partial charge in [-0.15, -0.1) is 11.8 Å². The van der Waals surface area contributed by atoms with E-state index in [9.17, 15) is 14.4 Å². The summed E-state index contributed by atoms with van der Waals surface area (Å²) in [7, 11) is 0. The third-order valence-electron chi connectivity index (χ3n) is 4.35. The van der Waals surface area contributed by atoms with E-state index < -0.39 is 41.7 Å². The van der Waals surface area contributed by atoms with E-state index in [1.54, 1.807) is 12.3 Å². The molecule has 164 valence electrons. The van der Waals surface area contributed by atoms with E-state index in [0.717, 1.165) is 11.3 Å². The maximum absolute atomic E-state index is 11.8. The highest BCUT2D eigenvalue weighted by Crippen LogP contribution is 2.35. The molecular weight excluding hydrogens is 422 g/mol. The first-order valence-electron chi connectivity index (χ1n) is 9.65. The van der Waals surface area contributed by atoms with Gasteiger partial charge >= 0.3 is 17.9 Å². The van der Waals surface area contributed by atoms with Gasteiger partial charge in [0.25, 0.3) is 0 Å². The maximum Gasteiger partial charge on any atom is 0.303 e. The molecule has 0 radical (unpaired) electrons. The fourth-order valence-electron chi connectivity index (χ4n) is 3.21. The Hall–Kier alpha value is -3.07. The molecule has 0 aliphatic carbocycles. The van der Waals surface area contributed by atoms with Gasteiger partial charge in [-0.1, -0.05) is 18.2 Å². The van der Waals surface area contributed by atoms with Crippen LogP contribution >= 0.6 is 11.8 Å². The lowest BCUT2D eigenvalue weighted by atomic mass is 10.1. The number of pyridine rings is 1. The Morgan fingerprint density at radius 3 is 2.26 bits per heavy atom. The molecule has 2 aromatic rings. The van der Waals surface area contributed by atoms with Gasteiger partial charge in [0.15, 0.2) is 23.7 Å². The predicted octanol–water partition coefficient (Wildman–Crippen LogP) is 3.00. The lowest BCUT2D eigenvalue weighted by Gasteiger charge is -2.39. The number of carbonyl (C=O) groups is 3. The van der Waals surface area contributed by atoms with E-state index in [1.165, 1.54) is 32.5 Å². The van der Waals surface area contributed by atoms with Crippen molar-refractivity contribution in [3.63, 3.8) is 0 Å². The van der Waals surface area contributed by atoms with Crippen LogP contribution in [-0.2, 0) is 28.6 Å². The van der Waals surface area contributed by atoms with Crippen LogP contribution in [0.15, 0.2) is 48.7 Å². The van der Waals surface area contributed by atoms with Crippen LogP contribution in [0.4, 0.5) is 0 Å². The predicted molar refractivity (Wildman–Crippen MR) is 113 cm³/mol. The SMILES string of the molecule is CC(=O)O[C@@H]1[C@@H](OC(C)=O)[C@@H](Oc2cccc(-c3ccccn3)c2)SC[C@H]1OC(C)=O. The van der Waals surface area contributed by atoms with Gasteiger partial charge in [0, 0.05) is 38.3 Å². The standard InChI is InChI=1S/C22H23NO7S/c1-13(24)27-19-12-31-22(21(29-15(3)26)20(19)28-14(2)25)30-17-8-6-7-16(11-17)18-9-4-5-10-23-18/h4-11,19-22H,12H2,1-3H3/t19-,20+,21-,22+/m1/s1. The second-order valence-corrected chi connectivity index (χ2v) is 7.99. The first-order valence-corrected chi connectivity index (χ1v) is 10.7. The number of ether oxygens (including phenoxy) is 4. The summed E-state index contributed by atoms with van der Waals surface area (Å²) in [5.41, 5.74) is 0.963. The largest absolute Gasteiger partial charge is 0.476 e. The molecule has 0 spiro atoms. The molecule has 0 unspecified atom stereocenters. The van der Waals surface area contributed by atoms with Crippen molar-refractivity contribution < 1.29 is 33.3 Å². The summed E-state index contributed by atoms with van der Waals surface area (Å²) in [6.45, 7) is 3.76. The van der Waals surface area contributed by atoms with Crippen LogP contribution in [0.3, 0.4) is 0 Å². The van der Waals surface area contributed by atoms with Gasteiger partial charge in [-0.05, 0) is 24.3 Å². The minimum absolute atomic E-state index is 0.305. The fourth-order valence-corrected chi connectivity index (χ4v) is 4.42. The van der Waals surface area contributed by atoms with Gasteiger partial charge in [-0.2, -0.15) is 0 Å². The number of aromatic nitrogens is 1. The molecule has 1 saturated heterocycles. The molecule has 1 aromatic carbocycles. The summed E-state index contributed by atoms with van der Waals surface area (Å²) >= 11 is 1.31. The number of hydrogen-bond acceptors (Lipinski definition) is 9. The minimum atomic E-state index is -0.990. The van der Waals surface area contributed by atoms with Gasteiger partial charge in [0.1, 0.15) is 5.75 Å². The zero-order valence-corrected chi connectivity index (χ0v) is 18.2. The van der Waals surface area contributed by atoms with Crippen LogP contribution in [-0.4, -0.2) is 52.4 Å². The van der Waals surface area contributed by atoms with Crippen molar-refractivity contribution >= 4 is 29.7 Å². The van der Waals surface area contributed by atoms with Gasteiger partial charge in [-0.25, -0.2) is 0 Å². The Morgan fingerprint density at radius 2 is 1.61 bits per heavy atom. The molecule has 1 fully saturated rings. The average Bonchev–Trinajstić information content (AvgIpc) is 2.72. The van der Waals surface area contributed by atoms with Crippen LogP contribution < -0.4 is 4.74 Å². The van der Waals surface area contributed by atoms with Gasteiger partial charge < -0.3 is 18.9 Å². The van der Waals surface area contributed by atoms with Crippen LogP contribution in [0, 0.1) is 0 Å². The first-order chi connectivity index (χ1) is 14.8. The molecule has 31 heavy (non-hydrogen) atoms. The van der Waals surface area contributed by atoms with Crippen molar-refractivity contribution in [1.29, 1.82) is 0 Å². The first kappa shape index (κ1) is 22.6. The van der Waals surface area contributed by atoms with Crippen LogP contribution in [0.2, 0.25) is 0 Å². The Balaban J connectivity index is 1.86. The fraction of sp³-hybridized carbons (Fsp3) is 0.364. The summed E-state index contributed by atoms with van der Waals surface area (Å²) in [5, 5.41) is 0. The average molecular weight is 445 g/mol. The van der Waals surface area contributed by atoms with Crippen molar-refractivity contribution in [2.24, 2.45) is 0 Å². The summed E-state index contributed by atoms with van der Waals surface area (Å²) in [4.78, 5) is 39.3. The number of esters is 3. The quantitative estimate of drug-likeness (QED) is 0.490. The topological polar surface area (TPSA) is 101 Å². The Labute approximate surface area is 184 Å². The highest BCUT2D eigenvalue weighted by atomic mass is 32.2. The molecule has 4 atom stereocenters. The highest BCUT2D eigenvalue weighted by Gasteiger charge is 2.47. The summed E-state index contributed by atoms with van der Waals surface area (Å²) in [5.74, 6) is -0.832. The van der Waals surface area contributed by atoms with E-state index in [2.05, 4.69) is 4.98 Å². The molecule has 0 bridgehead atoms. The molecule has 3 rings (SSSR count). The number of hydrogen-bond donors (Lipinski definition) is 0. The lowest BCUT2D eigenvalue weighted by Crippen LogP contribution is -2.55. The molecular formula is C22H23NO7S. The van der Waals surface area contributed by atoms with Crippen molar-refractivity contribution in [1.82, 2.24) is 4.98 Å². The third-order valence-corrected chi connectivity index (χ3v) is 5.57. The number of carbonyl (C=O) groups excluding carboxylic acids is 3. The number of thioether (sulfide) groups is 1. The van der Waals surface area contributed by atoms with Gasteiger partial charge in [-0.3, -0.25) is 19.4 Å². The van der Waals surface area contributed by atoms with E-state index >= 15 is 0 Å². The van der Waals surface area contributed by atoms with Crippen LogP contribution in [0.5, 0.6) is 5.75 Å². The van der Waals surface area contributed by atoms with Gasteiger partial charge in [0.2, 0.25) is 0 Å². The third kappa shape index (κ3) is 6.21. The number of rotatable bonds is 6. The second-order valence-electron chi connectivity index (χ2n) is 6.86. The maximum atomic E-state index is 11.8. The Bertz CT molecular complexity index is 936. The normalized spacial score (nSPS) is 22.8. The molecule has 9 heteroatoms. The molecule has 1 aliphatic rings. The molecule has 0 N–H and O–H groups in total. The summed E-state index contributed by atoms with van der Waals surface area (Å²) < 4.78 is 22.3. The van der Waals surface area contributed by atoms with Crippen molar-refractivity contribution in [2.45, 2.75) is 44.5 Å². The number of nitrogens with zero attached hydrogens (tertiary/aromatic N) is 1. The van der Waals surface area contributed by atoms with E-state index in [-0.39, 0.29) is 0 Å². The lowest BCUT2D eigenvalue weighted by molar-refractivity contribution is -0.186. The molecule has 1 aliphatic heterocycles. The molecule has 1 aromatic heterocycles. The summed E-state index contributed by atoms with van der Waals surface area (Å²) in [6, 6.07) is 13.0. The van der Waals surface area contributed by atoms with Crippen LogP contribution in [0.25, 0.3) is 11.3 Å².